The van der Waals surface area contributed by atoms with Crippen LogP contribution in [0.2, 0.25) is 0 Å². The summed E-state index contributed by atoms with van der Waals surface area (Å²) in [5, 5.41) is 6.49. The lowest BCUT2D eigenvalue weighted by Crippen LogP contribution is -2.55. The molecular weight excluding hydrogens is 268 g/mol. The van der Waals surface area contributed by atoms with Crippen molar-refractivity contribution in [2.75, 3.05) is 0 Å². The van der Waals surface area contributed by atoms with Crippen molar-refractivity contribution in [1.82, 2.24) is 10.6 Å². The second-order valence-corrected chi connectivity index (χ2v) is 5.38. The first-order chi connectivity index (χ1) is 7.70. The lowest BCUT2D eigenvalue weighted by atomic mass is 9.85. The topological polar surface area (TPSA) is 41.1 Å². The summed E-state index contributed by atoms with van der Waals surface area (Å²) in [6, 6.07) is 7.66. The zero-order chi connectivity index (χ0) is 11.2. The second-order valence-electron chi connectivity index (χ2n) is 4.52. The molecule has 1 aliphatic heterocycles. The Kier molecular flexibility index (Phi) is 2.30. The summed E-state index contributed by atoms with van der Waals surface area (Å²) in [5.74, 6) is 0.0894. The van der Waals surface area contributed by atoms with Crippen molar-refractivity contribution in [3.05, 3.63) is 34.3 Å². The molecule has 0 unspecified atom stereocenters. The van der Waals surface area contributed by atoms with Gasteiger partial charge in [-0.05, 0) is 30.9 Å². The van der Waals surface area contributed by atoms with Crippen molar-refractivity contribution < 1.29 is 4.79 Å². The van der Waals surface area contributed by atoms with E-state index in [0.717, 1.165) is 22.9 Å². The molecule has 1 heterocycles. The van der Waals surface area contributed by atoms with Crippen LogP contribution in [-0.2, 0) is 4.79 Å². The van der Waals surface area contributed by atoms with Gasteiger partial charge in [-0.3, -0.25) is 10.1 Å². The maximum absolute atomic E-state index is 11.9. The molecule has 1 saturated carbocycles. The maximum atomic E-state index is 11.9. The van der Waals surface area contributed by atoms with Crippen LogP contribution in [0.25, 0.3) is 0 Å². The normalized spacial score (nSPS) is 26.6. The van der Waals surface area contributed by atoms with Crippen LogP contribution in [0.15, 0.2) is 28.7 Å². The van der Waals surface area contributed by atoms with E-state index in [1.54, 1.807) is 0 Å². The third kappa shape index (κ3) is 1.48. The monoisotopic (exact) mass is 280 g/mol. The molecular formula is C12H13BrN2O. The highest BCUT2D eigenvalue weighted by Crippen LogP contribution is 2.37. The molecule has 0 bridgehead atoms. The summed E-state index contributed by atoms with van der Waals surface area (Å²) in [6.07, 6.45) is 3.27. The van der Waals surface area contributed by atoms with E-state index in [2.05, 4.69) is 26.6 Å². The van der Waals surface area contributed by atoms with Gasteiger partial charge < -0.3 is 5.32 Å². The predicted octanol–water partition coefficient (Wildman–Crippen LogP) is 2.09. The van der Waals surface area contributed by atoms with Crippen LogP contribution in [0.5, 0.6) is 0 Å². The predicted molar refractivity (Wildman–Crippen MR) is 64.7 cm³/mol. The highest BCUT2D eigenvalue weighted by molar-refractivity contribution is 9.10. The number of halogens is 1. The van der Waals surface area contributed by atoms with Crippen LogP contribution in [0, 0.1) is 0 Å². The fraction of sp³-hybridized carbons (Fsp3) is 0.417. The molecule has 3 rings (SSSR count). The highest BCUT2D eigenvalue weighted by Gasteiger charge is 2.48. The summed E-state index contributed by atoms with van der Waals surface area (Å²) in [4.78, 5) is 11.9. The average Bonchev–Trinajstić information content (AvgIpc) is 2.57. The summed E-state index contributed by atoms with van der Waals surface area (Å²) in [5.41, 5.74) is 0.903. The minimum atomic E-state index is -0.212. The Morgan fingerprint density at radius 2 is 2.06 bits per heavy atom. The quantitative estimate of drug-likeness (QED) is 0.827. The molecule has 1 aromatic carbocycles. The van der Waals surface area contributed by atoms with Crippen molar-refractivity contribution in [3.63, 3.8) is 0 Å². The molecule has 1 amide bonds. The molecule has 4 heteroatoms. The average molecular weight is 281 g/mol. The van der Waals surface area contributed by atoms with Gasteiger partial charge in [0.15, 0.2) is 0 Å². The number of hydrogen-bond acceptors (Lipinski definition) is 2. The van der Waals surface area contributed by atoms with E-state index in [0.29, 0.717) is 0 Å². The maximum Gasteiger partial charge on any atom is 0.243 e. The Labute approximate surface area is 103 Å². The molecule has 2 aliphatic rings. The number of carbonyl (C=O) groups is 1. The smallest absolute Gasteiger partial charge is 0.243 e. The lowest BCUT2D eigenvalue weighted by Gasteiger charge is -2.38. The van der Waals surface area contributed by atoms with Gasteiger partial charge in [-0.25, -0.2) is 0 Å². The number of hydrogen-bond donors (Lipinski definition) is 2. The number of amides is 1. The van der Waals surface area contributed by atoms with E-state index in [1.807, 2.05) is 24.3 Å². The summed E-state index contributed by atoms with van der Waals surface area (Å²) >= 11 is 3.49. The lowest BCUT2D eigenvalue weighted by molar-refractivity contribution is -0.121. The second kappa shape index (κ2) is 3.57. The standard InChI is InChI=1S/C12H13BrN2O/c13-9-5-2-1-4-8(9)10-11(16)15-12(14-10)6-3-7-12/h1-2,4-5,10,14H,3,6-7H2,(H,15,16)/t10-/m0/s1. The molecule has 0 aromatic heterocycles. The van der Waals surface area contributed by atoms with Crippen molar-refractivity contribution in [2.24, 2.45) is 0 Å². The molecule has 1 aromatic rings. The van der Waals surface area contributed by atoms with E-state index in [9.17, 15) is 4.79 Å². The van der Waals surface area contributed by atoms with Crippen molar-refractivity contribution in [3.8, 4) is 0 Å². The summed E-state index contributed by atoms with van der Waals surface area (Å²) in [6.45, 7) is 0. The molecule has 16 heavy (non-hydrogen) atoms. The number of benzene rings is 1. The van der Waals surface area contributed by atoms with E-state index >= 15 is 0 Å². The first-order valence-electron chi connectivity index (χ1n) is 5.54. The molecule has 2 N–H and O–H groups in total. The zero-order valence-electron chi connectivity index (χ0n) is 8.79. The molecule has 1 spiro atoms. The number of rotatable bonds is 1. The van der Waals surface area contributed by atoms with Gasteiger partial charge in [0.25, 0.3) is 0 Å². The van der Waals surface area contributed by atoms with Gasteiger partial charge in [0.2, 0.25) is 5.91 Å². The Bertz CT molecular complexity index is 442. The molecule has 1 atom stereocenters. The largest absolute Gasteiger partial charge is 0.336 e. The van der Waals surface area contributed by atoms with Gasteiger partial charge in [0.05, 0.1) is 5.66 Å². The minimum absolute atomic E-state index is 0.0894. The molecule has 84 valence electrons. The number of carbonyl (C=O) groups excluding carboxylic acids is 1. The Hall–Kier alpha value is -0.870. The van der Waals surface area contributed by atoms with E-state index < -0.39 is 0 Å². The third-order valence-electron chi connectivity index (χ3n) is 3.47. The van der Waals surface area contributed by atoms with E-state index in [4.69, 9.17) is 0 Å². The van der Waals surface area contributed by atoms with Gasteiger partial charge >= 0.3 is 0 Å². The summed E-state index contributed by atoms with van der Waals surface area (Å²) in [7, 11) is 0. The van der Waals surface area contributed by atoms with Crippen LogP contribution >= 0.6 is 15.9 Å². The number of nitrogens with one attached hydrogen (secondary N) is 2. The fourth-order valence-corrected chi connectivity index (χ4v) is 2.93. The first kappa shape index (κ1) is 10.3. The van der Waals surface area contributed by atoms with Crippen molar-refractivity contribution >= 4 is 21.8 Å². The molecule has 2 fully saturated rings. The summed E-state index contributed by atoms with van der Waals surface area (Å²) < 4.78 is 0.985. The van der Waals surface area contributed by atoms with Crippen LogP contribution < -0.4 is 10.6 Å². The minimum Gasteiger partial charge on any atom is -0.336 e. The van der Waals surface area contributed by atoms with Crippen LogP contribution in [-0.4, -0.2) is 11.6 Å². The Morgan fingerprint density at radius 3 is 2.62 bits per heavy atom. The zero-order valence-corrected chi connectivity index (χ0v) is 10.4. The van der Waals surface area contributed by atoms with Gasteiger partial charge in [-0.1, -0.05) is 34.1 Å². The molecule has 0 radical (unpaired) electrons. The van der Waals surface area contributed by atoms with Crippen molar-refractivity contribution in [2.45, 2.75) is 31.0 Å². The van der Waals surface area contributed by atoms with Crippen LogP contribution in [0.1, 0.15) is 30.9 Å². The molecule has 1 saturated heterocycles. The fourth-order valence-electron chi connectivity index (χ4n) is 2.41. The third-order valence-corrected chi connectivity index (χ3v) is 4.19. The van der Waals surface area contributed by atoms with E-state index in [-0.39, 0.29) is 17.6 Å². The molecule has 3 nitrogen and oxygen atoms in total. The van der Waals surface area contributed by atoms with E-state index in [1.165, 1.54) is 6.42 Å². The first-order valence-corrected chi connectivity index (χ1v) is 6.34. The highest BCUT2D eigenvalue weighted by atomic mass is 79.9. The Balaban J connectivity index is 1.91. The Morgan fingerprint density at radius 1 is 1.31 bits per heavy atom. The molecule has 1 aliphatic carbocycles. The van der Waals surface area contributed by atoms with Crippen molar-refractivity contribution in [1.29, 1.82) is 0 Å². The van der Waals surface area contributed by atoms with Crippen LogP contribution in [0.4, 0.5) is 0 Å². The van der Waals surface area contributed by atoms with Gasteiger partial charge in [0.1, 0.15) is 6.04 Å². The SMILES string of the molecule is O=C1NC2(CCC2)N[C@H]1c1ccccc1Br. The van der Waals surface area contributed by atoms with Gasteiger partial charge in [-0.2, -0.15) is 0 Å². The van der Waals surface area contributed by atoms with Gasteiger partial charge in [-0.15, -0.1) is 0 Å². The van der Waals surface area contributed by atoms with Gasteiger partial charge in [0, 0.05) is 4.47 Å². The van der Waals surface area contributed by atoms with Crippen LogP contribution in [0.3, 0.4) is 0 Å².